The van der Waals surface area contributed by atoms with Crippen LogP contribution in [0.15, 0.2) is 91.0 Å². The van der Waals surface area contributed by atoms with Crippen LogP contribution in [0.3, 0.4) is 0 Å². The quantitative estimate of drug-likeness (QED) is 0.349. The van der Waals surface area contributed by atoms with E-state index in [9.17, 15) is 4.79 Å². The highest BCUT2D eigenvalue weighted by molar-refractivity contribution is 6.04. The molecule has 4 heteroatoms. The number of hydrogen-bond donors (Lipinski definition) is 0. The molecule has 0 amide bonds. The molecule has 0 saturated carbocycles. The number of esters is 1. The Morgan fingerprint density at radius 2 is 1.46 bits per heavy atom. The molecule has 138 valence electrons. The van der Waals surface area contributed by atoms with Crippen LogP contribution in [0.25, 0.3) is 22.2 Å². The molecule has 0 radical (unpaired) electrons. The van der Waals surface area contributed by atoms with Crippen molar-refractivity contribution in [2.75, 3.05) is 13.2 Å². The number of rotatable bonds is 6. The summed E-state index contributed by atoms with van der Waals surface area (Å²) in [5.74, 6) is 0.367. The first-order valence-corrected chi connectivity index (χ1v) is 9.11. The largest absolute Gasteiger partial charge is 0.490 e. The molecule has 0 fully saturated rings. The monoisotopic (exact) mass is 369 g/mol. The van der Waals surface area contributed by atoms with E-state index in [-0.39, 0.29) is 12.6 Å². The maximum absolute atomic E-state index is 12.7. The number of nitrogens with zero attached hydrogens (tertiary/aromatic N) is 1. The van der Waals surface area contributed by atoms with Gasteiger partial charge in [-0.15, -0.1) is 0 Å². The lowest BCUT2D eigenvalue weighted by molar-refractivity contribution is 0.0452. The molecule has 0 aliphatic heterocycles. The maximum Gasteiger partial charge on any atom is 0.339 e. The third-order valence-corrected chi connectivity index (χ3v) is 4.33. The lowest BCUT2D eigenvalue weighted by atomic mass is 10.0. The highest BCUT2D eigenvalue weighted by Crippen LogP contribution is 2.25. The van der Waals surface area contributed by atoms with Crippen LogP contribution in [0.5, 0.6) is 5.75 Å². The first-order chi connectivity index (χ1) is 13.8. The first-order valence-electron chi connectivity index (χ1n) is 9.11. The van der Waals surface area contributed by atoms with Gasteiger partial charge in [0.2, 0.25) is 0 Å². The fraction of sp³-hybridized carbons (Fsp3) is 0.0833. The third-order valence-electron chi connectivity index (χ3n) is 4.33. The van der Waals surface area contributed by atoms with Crippen LogP contribution in [0.1, 0.15) is 10.4 Å². The highest BCUT2D eigenvalue weighted by Gasteiger charge is 2.15. The topological polar surface area (TPSA) is 48.4 Å². The molecule has 3 aromatic carbocycles. The zero-order valence-electron chi connectivity index (χ0n) is 15.2. The summed E-state index contributed by atoms with van der Waals surface area (Å²) < 4.78 is 11.0. The zero-order valence-corrected chi connectivity index (χ0v) is 15.2. The Balaban J connectivity index is 1.54. The van der Waals surface area contributed by atoms with E-state index < -0.39 is 0 Å². The Bertz CT molecular complexity index is 1080. The minimum Gasteiger partial charge on any atom is -0.490 e. The highest BCUT2D eigenvalue weighted by atomic mass is 16.6. The molecule has 4 rings (SSSR count). The van der Waals surface area contributed by atoms with Crippen molar-refractivity contribution in [2.24, 2.45) is 0 Å². The molecule has 0 saturated heterocycles. The zero-order chi connectivity index (χ0) is 19.2. The number of pyridine rings is 1. The number of carbonyl (C=O) groups excluding carboxylic acids is 1. The van der Waals surface area contributed by atoms with Gasteiger partial charge in [-0.2, -0.15) is 0 Å². The Morgan fingerprint density at radius 1 is 0.786 bits per heavy atom. The summed E-state index contributed by atoms with van der Waals surface area (Å²) in [5.41, 5.74) is 2.96. The second-order valence-electron chi connectivity index (χ2n) is 6.24. The van der Waals surface area contributed by atoms with Gasteiger partial charge in [-0.05, 0) is 24.3 Å². The van der Waals surface area contributed by atoms with Crippen LogP contribution in [0, 0.1) is 0 Å². The van der Waals surface area contributed by atoms with E-state index in [2.05, 4.69) is 0 Å². The predicted molar refractivity (Wildman–Crippen MR) is 109 cm³/mol. The molecule has 0 aliphatic carbocycles. The molecule has 1 aromatic heterocycles. The molecule has 0 atom stereocenters. The van der Waals surface area contributed by atoms with Crippen molar-refractivity contribution in [1.82, 2.24) is 4.98 Å². The van der Waals surface area contributed by atoms with Crippen molar-refractivity contribution in [3.05, 3.63) is 96.6 Å². The molecule has 0 spiro atoms. The van der Waals surface area contributed by atoms with Gasteiger partial charge in [-0.3, -0.25) is 0 Å². The van der Waals surface area contributed by atoms with Crippen molar-refractivity contribution < 1.29 is 14.3 Å². The molecule has 28 heavy (non-hydrogen) atoms. The van der Waals surface area contributed by atoms with Crippen LogP contribution in [0.4, 0.5) is 0 Å². The van der Waals surface area contributed by atoms with E-state index in [1.807, 2.05) is 84.9 Å². The Morgan fingerprint density at radius 3 is 2.25 bits per heavy atom. The van der Waals surface area contributed by atoms with E-state index in [0.717, 1.165) is 27.9 Å². The van der Waals surface area contributed by atoms with Crippen LogP contribution in [-0.2, 0) is 4.74 Å². The van der Waals surface area contributed by atoms with Crippen molar-refractivity contribution >= 4 is 16.9 Å². The number of benzene rings is 3. The SMILES string of the molecule is O=C(OCCOc1ccccc1)c1cc(-c2ccccc2)nc2ccccc12. The summed E-state index contributed by atoms with van der Waals surface area (Å²) in [6.45, 7) is 0.468. The number of ether oxygens (including phenoxy) is 2. The van der Waals surface area contributed by atoms with Gasteiger partial charge >= 0.3 is 5.97 Å². The molecular formula is C24H19NO3. The Hall–Kier alpha value is -3.66. The molecule has 0 N–H and O–H groups in total. The van der Waals surface area contributed by atoms with Gasteiger partial charge in [0.05, 0.1) is 16.8 Å². The molecule has 4 nitrogen and oxygen atoms in total. The van der Waals surface area contributed by atoms with E-state index in [1.165, 1.54) is 0 Å². The Kier molecular flexibility index (Phi) is 5.29. The van der Waals surface area contributed by atoms with Crippen LogP contribution in [-0.4, -0.2) is 24.2 Å². The summed E-state index contributed by atoms with van der Waals surface area (Å²) in [7, 11) is 0. The summed E-state index contributed by atoms with van der Waals surface area (Å²) in [5, 5.41) is 0.774. The fourth-order valence-electron chi connectivity index (χ4n) is 2.99. The number of carbonyl (C=O) groups is 1. The molecule has 1 heterocycles. The van der Waals surface area contributed by atoms with Crippen molar-refractivity contribution in [1.29, 1.82) is 0 Å². The van der Waals surface area contributed by atoms with Crippen molar-refractivity contribution in [3.8, 4) is 17.0 Å². The average molecular weight is 369 g/mol. The summed E-state index contributed by atoms with van der Waals surface area (Å²) in [6.07, 6.45) is 0. The molecule has 0 unspecified atom stereocenters. The number of para-hydroxylation sites is 2. The summed E-state index contributed by atoms with van der Waals surface area (Å²) in [4.78, 5) is 17.4. The van der Waals surface area contributed by atoms with Gasteiger partial charge in [-0.1, -0.05) is 66.7 Å². The lowest BCUT2D eigenvalue weighted by Gasteiger charge is -2.11. The van der Waals surface area contributed by atoms with E-state index in [4.69, 9.17) is 14.5 Å². The van der Waals surface area contributed by atoms with Crippen LogP contribution < -0.4 is 4.74 Å². The fourth-order valence-corrected chi connectivity index (χ4v) is 2.99. The standard InChI is InChI=1S/C24H19NO3/c26-24(28-16-15-27-19-11-5-2-6-12-19)21-17-23(18-9-3-1-4-10-18)25-22-14-8-7-13-20(21)22/h1-14,17H,15-16H2. The van der Waals surface area contributed by atoms with E-state index >= 15 is 0 Å². The minimum absolute atomic E-state index is 0.172. The molecule has 0 aliphatic rings. The predicted octanol–water partition coefficient (Wildman–Crippen LogP) is 5.14. The Labute approximate surface area is 163 Å². The molecule has 4 aromatic rings. The smallest absolute Gasteiger partial charge is 0.339 e. The van der Waals surface area contributed by atoms with Crippen molar-refractivity contribution in [3.63, 3.8) is 0 Å². The maximum atomic E-state index is 12.7. The van der Waals surface area contributed by atoms with Gasteiger partial charge in [0.15, 0.2) is 0 Å². The molecular weight excluding hydrogens is 350 g/mol. The number of aromatic nitrogens is 1. The van der Waals surface area contributed by atoms with Crippen molar-refractivity contribution in [2.45, 2.75) is 0 Å². The van der Waals surface area contributed by atoms with Crippen LogP contribution >= 0.6 is 0 Å². The molecule has 0 bridgehead atoms. The van der Waals surface area contributed by atoms with Crippen LogP contribution in [0.2, 0.25) is 0 Å². The average Bonchev–Trinajstić information content (AvgIpc) is 2.77. The summed E-state index contributed by atoms with van der Waals surface area (Å²) >= 11 is 0. The second kappa shape index (κ2) is 8.35. The number of hydrogen-bond acceptors (Lipinski definition) is 4. The second-order valence-corrected chi connectivity index (χ2v) is 6.24. The van der Waals surface area contributed by atoms with Gasteiger partial charge < -0.3 is 9.47 Å². The first kappa shape index (κ1) is 17.7. The van der Waals surface area contributed by atoms with Gasteiger partial charge in [0.25, 0.3) is 0 Å². The van der Waals surface area contributed by atoms with E-state index in [1.54, 1.807) is 6.07 Å². The van der Waals surface area contributed by atoms with E-state index in [0.29, 0.717) is 12.2 Å². The summed E-state index contributed by atoms with van der Waals surface area (Å²) in [6, 6.07) is 28.6. The van der Waals surface area contributed by atoms with Gasteiger partial charge in [-0.25, -0.2) is 9.78 Å². The van der Waals surface area contributed by atoms with Gasteiger partial charge in [0, 0.05) is 10.9 Å². The third kappa shape index (κ3) is 4.01. The lowest BCUT2D eigenvalue weighted by Crippen LogP contribution is -2.13. The normalized spacial score (nSPS) is 10.6. The number of fused-ring (bicyclic) bond motifs is 1. The minimum atomic E-state index is -0.382. The van der Waals surface area contributed by atoms with Gasteiger partial charge in [0.1, 0.15) is 19.0 Å².